The summed E-state index contributed by atoms with van der Waals surface area (Å²) in [6.45, 7) is 2.69. The highest BCUT2D eigenvalue weighted by Crippen LogP contribution is 2.17. The standard InChI is InChI=1S/C13H18O3/c1-11(15-12-7-3-2-4-8-12)16-13-9-5-6-10-14-13/h2-4,7-8,11,13H,5-6,9-10H2,1H3. The quantitative estimate of drug-likeness (QED) is 0.733. The smallest absolute Gasteiger partial charge is 0.199 e. The summed E-state index contributed by atoms with van der Waals surface area (Å²) in [5, 5.41) is 0. The van der Waals surface area contributed by atoms with Crippen molar-refractivity contribution in [2.75, 3.05) is 6.61 Å². The van der Waals surface area contributed by atoms with Gasteiger partial charge in [-0.15, -0.1) is 0 Å². The van der Waals surface area contributed by atoms with Gasteiger partial charge in [-0.25, -0.2) is 0 Å². The van der Waals surface area contributed by atoms with Crippen molar-refractivity contribution in [3.8, 4) is 5.75 Å². The molecule has 2 atom stereocenters. The topological polar surface area (TPSA) is 27.7 Å². The van der Waals surface area contributed by atoms with Crippen LogP contribution in [-0.4, -0.2) is 19.2 Å². The molecule has 1 fully saturated rings. The van der Waals surface area contributed by atoms with Gasteiger partial charge in [-0.05, 0) is 38.3 Å². The van der Waals surface area contributed by atoms with Gasteiger partial charge in [0.05, 0.1) is 0 Å². The van der Waals surface area contributed by atoms with Crippen LogP contribution in [0.2, 0.25) is 0 Å². The van der Waals surface area contributed by atoms with Gasteiger partial charge in [0.25, 0.3) is 0 Å². The number of ether oxygens (including phenoxy) is 3. The Morgan fingerprint density at radius 1 is 1.25 bits per heavy atom. The van der Waals surface area contributed by atoms with Gasteiger partial charge in [-0.2, -0.15) is 0 Å². The molecule has 0 saturated carbocycles. The molecule has 0 radical (unpaired) electrons. The van der Waals surface area contributed by atoms with E-state index in [1.165, 1.54) is 6.42 Å². The molecule has 2 unspecified atom stereocenters. The third-order valence-corrected chi connectivity index (χ3v) is 2.53. The predicted octanol–water partition coefficient (Wildman–Crippen LogP) is 2.95. The molecule has 0 aromatic heterocycles. The first-order valence-corrected chi connectivity index (χ1v) is 5.83. The second kappa shape index (κ2) is 5.87. The Morgan fingerprint density at radius 2 is 2.06 bits per heavy atom. The number of rotatable bonds is 4. The van der Waals surface area contributed by atoms with Crippen molar-refractivity contribution in [3.05, 3.63) is 30.3 Å². The van der Waals surface area contributed by atoms with E-state index >= 15 is 0 Å². The number of hydrogen-bond donors (Lipinski definition) is 0. The van der Waals surface area contributed by atoms with E-state index in [4.69, 9.17) is 14.2 Å². The summed E-state index contributed by atoms with van der Waals surface area (Å²) >= 11 is 0. The molecule has 1 heterocycles. The van der Waals surface area contributed by atoms with Crippen molar-refractivity contribution in [3.63, 3.8) is 0 Å². The highest BCUT2D eigenvalue weighted by Gasteiger charge is 2.17. The lowest BCUT2D eigenvalue weighted by Gasteiger charge is -2.26. The van der Waals surface area contributed by atoms with Crippen LogP contribution in [0.4, 0.5) is 0 Å². The summed E-state index contributed by atoms with van der Waals surface area (Å²) in [5.74, 6) is 0.825. The van der Waals surface area contributed by atoms with Gasteiger partial charge in [0.1, 0.15) is 5.75 Å². The zero-order chi connectivity index (χ0) is 11.2. The lowest BCUT2D eigenvalue weighted by atomic mass is 10.2. The third kappa shape index (κ3) is 3.51. The first kappa shape index (κ1) is 11.4. The van der Waals surface area contributed by atoms with Crippen molar-refractivity contribution in [2.45, 2.75) is 38.8 Å². The fourth-order valence-corrected chi connectivity index (χ4v) is 1.75. The Kier molecular flexibility index (Phi) is 4.19. The molecule has 0 spiro atoms. The maximum atomic E-state index is 5.65. The molecule has 1 saturated heterocycles. The molecule has 0 N–H and O–H groups in total. The zero-order valence-corrected chi connectivity index (χ0v) is 9.59. The minimum atomic E-state index is -0.273. The van der Waals surface area contributed by atoms with Gasteiger partial charge in [0.15, 0.2) is 12.6 Å². The maximum absolute atomic E-state index is 5.65. The molecule has 1 aliphatic heterocycles. The number of benzene rings is 1. The monoisotopic (exact) mass is 222 g/mol. The molecule has 1 aliphatic rings. The molecule has 0 bridgehead atoms. The fraction of sp³-hybridized carbons (Fsp3) is 0.538. The molecule has 88 valence electrons. The van der Waals surface area contributed by atoms with Gasteiger partial charge in [0, 0.05) is 6.61 Å². The summed E-state index contributed by atoms with van der Waals surface area (Å²) in [4.78, 5) is 0. The molecule has 3 heteroatoms. The van der Waals surface area contributed by atoms with Crippen molar-refractivity contribution < 1.29 is 14.2 Å². The van der Waals surface area contributed by atoms with E-state index in [9.17, 15) is 0 Å². The molecular weight excluding hydrogens is 204 g/mol. The molecule has 16 heavy (non-hydrogen) atoms. The van der Waals surface area contributed by atoms with Crippen LogP contribution in [0.1, 0.15) is 26.2 Å². The lowest BCUT2D eigenvalue weighted by molar-refractivity contribution is -0.225. The molecule has 0 amide bonds. The van der Waals surface area contributed by atoms with Crippen molar-refractivity contribution in [1.29, 1.82) is 0 Å². The fourth-order valence-electron chi connectivity index (χ4n) is 1.75. The van der Waals surface area contributed by atoms with Gasteiger partial charge < -0.3 is 14.2 Å². The minimum Gasteiger partial charge on any atom is -0.465 e. The highest BCUT2D eigenvalue weighted by atomic mass is 16.8. The van der Waals surface area contributed by atoms with Crippen LogP contribution in [0.5, 0.6) is 5.75 Å². The van der Waals surface area contributed by atoms with Crippen molar-refractivity contribution in [2.24, 2.45) is 0 Å². The first-order chi connectivity index (χ1) is 7.84. The van der Waals surface area contributed by atoms with E-state index in [1.807, 2.05) is 37.3 Å². The number of para-hydroxylation sites is 1. The Balaban J connectivity index is 1.77. The minimum absolute atomic E-state index is 0.104. The van der Waals surface area contributed by atoms with E-state index in [-0.39, 0.29) is 12.6 Å². The number of hydrogen-bond acceptors (Lipinski definition) is 3. The van der Waals surface area contributed by atoms with E-state index in [1.54, 1.807) is 0 Å². The van der Waals surface area contributed by atoms with Crippen molar-refractivity contribution >= 4 is 0 Å². The summed E-state index contributed by atoms with van der Waals surface area (Å²) in [5.41, 5.74) is 0. The van der Waals surface area contributed by atoms with Gasteiger partial charge >= 0.3 is 0 Å². The molecule has 0 aliphatic carbocycles. The normalized spacial score (nSPS) is 22.7. The van der Waals surface area contributed by atoms with Gasteiger partial charge in [-0.3, -0.25) is 0 Å². The Labute approximate surface area is 96.3 Å². The van der Waals surface area contributed by atoms with E-state index in [0.29, 0.717) is 0 Å². The van der Waals surface area contributed by atoms with Crippen molar-refractivity contribution in [1.82, 2.24) is 0 Å². The third-order valence-electron chi connectivity index (χ3n) is 2.53. The lowest BCUT2D eigenvalue weighted by Crippen LogP contribution is -2.29. The SMILES string of the molecule is CC(Oc1ccccc1)OC1CCCCO1. The van der Waals surface area contributed by atoms with Crippen LogP contribution in [0, 0.1) is 0 Å². The maximum Gasteiger partial charge on any atom is 0.199 e. The largest absolute Gasteiger partial charge is 0.465 e. The average Bonchev–Trinajstić information content (AvgIpc) is 2.31. The van der Waals surface area contributed by atoms with Crippen LogP contribution >= 0.6 is 0 Å². The summed E-state index contributed by atoms with van der Waals surface area (Å²) < 4.78 is 16.7. The van der Waals surface area contributed by atoms with Crippen LogP contribution in [0.25, 0.3) is 0 Å². The second-order valence-electron chi connectivity index (χ2n) is 3.93. The van der Waals surface area contributed by atoms with Gasteiger partial charge in [0.2, 0.25) is 0 Å². The van der Waals surface area contributed by atoms with Crippen LogP contribution in [0.15, 0.2) is 30.3 Å². The summed E-state index contributed by atoms with van der Waals surface area (Å²) in [6.07, 6.45) is 2.89. The van der Waals surface area contributed by atoms with Gasteiger partial charge in [-0.1, -0.05) is 18.2 Å². The molecule has 1 aromatic carbocycles. The molecular formula is C13H18O3. The van der Waals surface area contributed by atoms with Crippen LogP contribution in [0.3, 0.4) is 0 Å². The van der Waals surface area contributed by atoms with E-state index in [2.05, 4.69) is 0 Å². The Hall–Kier alpha value is -1.06. The second-order valence-corrected chi connectivity index (χ2v) is 3.93. The first-order valence-electron chi connectivity index (χ1n) is 5.83. The van der Waals surface area contributed by atoms with Crippen LogP contribution in [-0.2, 0) is 9.47 Å². The highest BCUT2D eigenvalue weighted by molar-refractivity contribution is 5.20. The summed E-state index contributed by atoms with van der Waals surface area (Å²) in [7, 11) is 0. The van der Waals surface area contributed by atoms with Crippen LogP contribution < -0.4 is 4.74 Å². The average molecular weight is 222 g/mol. The zero-order valence-electron chi connectivity index (χ0n) is 9.59. The summed E-state index contributed by atoms with van der Waals surface area (Å²) in [6, 6.07) is 9.68. The Morgan fingerprint density at radius 3 is 2.75 bits per heavy atom. The Bertz CT molecular complexity index is 293. The van der Waals surface area contributed by atoms with E-state index < -0.39 is 0 Å². The molecule has 1 aromatic rings. The predicted molar refractivity (Wildman–Crippen MR) is 61.2 cm³/mol. The van der Waals surface area contributed by atoms with E-state index in [0.717, 1.165) is 25.2 Å². The molecule has 3 nitrogen and oxygen atoms in total. The molecule has 2 rings (SSSR count).